The van der Waals surface area contributed by atoms with E-state index in [2.05, 4.69) is 21.2 Å². The first-order valence-corrected chi connectivity index (χ1v) is 11.2. The van der Waals surface area contributed by atoms with E-state index in [9.17, 15) is 14.7 Å². The minimum absolute atomic E-state index is 0.0372. The van der Waals surface area contributed by atoms with Crippen molar-refractivity contribution in [2.45, 2.75) is 32.3 Å². The summed E-state index contributed by atoms with van der Waals surface area (Å²) in [4.78, 5) is 26.3. The number of phenolic OH excluding ortho intramolecular Hbond substituents is 1. The number of ketones is 1. The van der Waals surface area contributed by atoms with Crippen molar-refractivity contribution in [2.24, 2.45) is 5.92 Å². The van der Waals surface area contributed by atoms with Crippen LogP contribution in [0.25, 0.3) is 0 Å². The highest BCUT2D eigenvalue weighted by Crippen LogP contribution is 2.47. The van der Waals surface area contributed by atoms with Gasteiger partial charge < -0.3 is 19.9 Å². The average molecular weight is 498 g/mol. The molecule has 2 aromatic rings. The van der Waals surface area contributed by atoms with Crippen LogP contribution in [0.15, 0.2) is 70.0 Å². The van der Waals surface area contributed by atoms with Crippen LogP contribution in [-0.2, 0) is 20.9 Å². The Balaban J connectivity index is 1.78. The summed E-state index contributed by atoms with van der Waals surface area (Å²) in [5, 5.41) is 13.5. The molecule has 1 heterocycles. The molecular weight excluding hydrogens is 474 g/mol. The smallest absolute Gasteiger partial charge is 0.336 e. The number of aromatic hydroxyl groups is 1. The van der Waals surface area contributed by atoms with E-state index in [0.717, 1.165) is 11.3 Å². The molecule has 0 saturated heterocycles. The lowest BCUT2D eigenvalue weighted by atomic mass is 9.71. The van der Waals surface area contributed by atoms with Gasteiger partial charge in [-0.15, -0.1) is 0 Å². The molecule has 2 N–H and O–H groups in total. The van der Waals surface area contributed by atoms with E-state index in [0.29, 0.717) is 34.1 Å². The average Bonchev–Trinajstić information content (AvgIpc) is 2.79. The third-order valence-electron chi connectivity index (χ3n) is 5.88. The Bertz CT molecular complexity index is 1120. The molecule has 2 unspecified atom stereocenters. The summed E-state index contributed by atoms with van der Waals surface area (Å²) in [7, 11) is 1.46. The molecule has 4 rings (SSSR count). The van der Waals surface area contributed by atoms with Gasteiger partial charge in [0.2, 0.25) is 0 Å². The Labute approximate surface area is 195 Å². The lowest BCUT2D eigenvalue weighted by Crippen LogP contribution is -2.40. The minimum Gasteiger partial charge on any atom is -0.503 e. The van der Waals surface area contributed by atoms with E-state index in [4.69, 9.17) is 9.47 Å². The van der Waals surface area contributed by atoms with Crippen molar-refractivity contribution < 1.29 is 24.2 Å². The minimum atomic E-state index is -0.565. The Morgan fingerprint density at radius 3 is 2.69 bits per heavy atom. The summed E-state index contributed by atoms with van der Waals surface area (Å²) in [6.45, 7) is 1.95. The fourth-order valence-electron chi connectivity index (χ4n) is 4.37. The normalized spacial score (nSPS) is 20.2. The number of fused-ring (bicyclic) bond motifs is 1. The van der Waals surface area contributed by atoms with Gasteiger partial charge in [0.1, 0.15) is 12.4 Å². The van der Waals surface area contributed by atoms with Gasteiger partial charge in [-0.2, -0.15) is 0 Å². The molecule has 1 aliphatic heterocycles. The van der Waals surface area contributed by atoms with Crippen LogP contribution in [0.2, 0.25) is 0 Å². The molecule has 6 nitrogen and oxygen atoms in total. The summed E-state index contributed by atoms with van der Waals surface area (Å²) in [5.41, 5.74) is 3.41. The SMILES string of the molecule is COc1cc(C2C(C(=O)OCc3ccccc3)=C(C)NC3=CCCC(=O)C32)cc(Br)c1O. The molecule has 2 aromatic carbocycles. The summed E-state index contributed by atoms with van der Waals surface area (Å²) < 4.78 is 11.4. The van der Waals surface area contributed by atoms with E-state index < -0.39 is 17.8 Å². The van der Waals surface area contributed by atoms with Crippen molar-refractivity contribution in [3.63, 3.8) is 0 Å². The quantitative estimate of drug-likeness (QED) is 0.580. The van der Waals surface area contributed by atoms with Gasteiger partial charge in [-0.05, 0) is 52.5 Å². The summed E-state index contributed by atoms with van der Waals surface area (Å²) >= 11 is 3.36. The zero-order chi connectivity index (χ0) is 22.8. The number of phenols is 1. The lowest BCUT2D eigenvalue weighted by Gasteiger charge is -2.38. The van der Waals surface area contributed by atoms with Crippen LogP contribution in [-0.4, -0.2) is 24.0 Å². The van der Waals surface area contributed by atoms with Crippen molar-refractivity contribution >= 4 is 27.7 Å². The van der Waals surface area contributed by atoms with Crippen molar-refractivity contribution in [1.82, 2.24) is 5.32 Å². The second kappa shape index (κ2) is 9.20. The molecular formula is C25H24BrNO5. The summed E-state index contributed by atoms with van der Waals surface area (Å²) in [5.74, 6) is -1.30. The largest absolute Gasteiger partial charge is 0.503 e. The molecule has 0 fully saturated rings. The van der Waals surface area contributed by atoms with Gasteiger partial charge in [0.25, 0.3) is 0 Å². The van der Waals surface area contributed by atoms with Gasteiger partial charge in [-0.1, -0.05) is 36.4 Å². The monoisotopic (exact) mass is 497 g/mol. The molecule has 7 heteroatoms. The molecule has 0 aromatic heterocycles. The maximum Gasteiger partial charge on any atom is 0.336 e. The van der Waals surface area contributed by atoms with E-state index in [1.54, 1.807) is 12.1 Å². The molecule has 0 radical (unpaired) electrons. The molecule has 32 heavy (non-hydrogen) atoms. The number of carbonyl (C=O) groups excluding carboxylic acids is 2. The topological polar surface area (TPSA) is 84.9 Å². The molecule has 0 bridgehead atoms. The standard InChI is InChI=1S/C25H24BrNO5/c1-14-21(25(30)32-13-15-7-4-3-5-8-15)22(23-18(27-14)9-6-10-19(23)28)16-11-17(26)24(29)20(12-16)31-2/h3-5,7-9,11-12,22-23,27,29H,6,10,13H2,1-2H3. The molecule has 1 aliphatic carbocycles. The number of carbonyl (C=O) groups is 2. The second-order valence-corrected chi connectivity index (χ2v) is 8.75. The van der Waals surface area contributed by atoms with Gasteiger partial charge in [0.15, 0.2) is 11.5 Å². The number of methoxy groups -OCH3 is 1. The first kappa shape index (κ1) is 22.1. The summed E-state index contributed by atoms with van der Waals surface area (Å²) in [6, 6.07) is 12.8. The third kappa shape index (κ3) is 4.17. The van der Waals surface area contributed by atoms with Crippen molar-refractivity contribution in [3.8, 4) is 11.5 Å². The number of nitrogens with one attached hydrogen (secondary N) is 1. The summed E-state index contributed by atoms with van der Waals surface area (Å²) in [6.07, 6.45) is 3.09. The Kier molecular flexibility index (Phi) is 6.37. The van der Waals surface area contributed by atoms with Crippen molar-refractivity contribution in [3.05, 3.63) is 81.1 Å². The van der Waals surface area contributed by atoms with Crippen LogP contribution < -0.4 is 10.1 Å². The molecule has 2 atom stereocenters. The van der Waals surface area contributed by atoms with Gasteiger partial charge >= 0.3 is 5.97 Å². The van der Waals surface area contributed by atoms with Crippen LogP contribution in [0.5, 0.6) is 11.5 Å². The predicted molar refractivity (Wildman–Crippen MR) is 123 cm³/mol. The zero-order valence-corrected chi connectivity index (χ0v) is 19.4. The fraction of sp³-hybridized carbons (Fsp3) is 0.280. The number of esters is 1. The third-order valence-corrected chi connectivity index (χ3v) is 6.48. The molecule has 0 amide bonds. The van der Waals surface area contributed by atoms with Crippen LogP contribution in [0.4, 0.5) is 0 Å². The molecule has 166 valence electrons. The van der Waals surface area contributed by atoms with E-state index in [1.807, 2.05) is 43.3 Å². The molecule has 0 spiro atoms. The number of hydrogen-bond donors (Lipinski definition) is 2. The maximum absolute atomic E-state index is 13.3. The van der Waals surface area contributed by atoms with Gasteiger partial charge in [0.05, 0.1) is 23.1 Å². The highest BCUT2D eigenvalue weighted by Gasteiger charge is 2.43. The molecule has 2 aliphatic rings. The zero-order valence-electron chi connectivity index (χ0n) is 17.9. The number of hydrogen-bond acceptors (Lipinski definition) is 6. The van der Waals surface area contributed by atoms with Gasteiger partial charge in [-0.25, -0.2) is 4.79 Å². The number of rotatable bonds is 5. The maximum atomic E-state index is 13.3. The predicted octanol–water partition coefficient (Wildman–Crippen LogP) is 4.73. The van der Waals surface area contributed by atoms with Gasteiger partial charge in [0, 0.05) is 23.7 Å². The van der Waals surface area contributed by atoms with E-state index in [-0.39, 0.29) is 23.9 Å². The highest BCUT2D eigenvalue weighted by atomic mass is 79.9. The number of ether oxygens (including phenoxy) is 2. The van der Waals surface area contributed by atoms with E-state index in [1.165, 1.54) is 7.11 Å². The van der Waals surface area contributed by atoms with Crippen molar-refractivity contribution in [2.75, 3.05) is 7.11 Å². The van der Waals surface area contributed by atoms with Crippen LogP contribution in [0, 0.1) is 5.92 Å². The van der Waals surface area contributed by atoms with Gasteiger partial charge in [-0.3, -0.25) is 4.79 Å². The molecule has 0 saturated carbocycles. The first-order valence-electron chi connectivity index (χ1n) is 10.4. The second-order valence-electron chi connectivity index (χ2n) is 7.90. The first-order chi connectivity index (χ1) is 15.4. The Hall–Kier alpha value is -3.06. The Morgan fingerprint density at radius 1 is 1.22 bits per heavy atom. The highest BCUT2D eigenvalue weighted by molar-refractivity contribution is 9.10. The van der Waals surface area contributed by atoms with E-state index >= 15 is 0 Å². The van der Waals surface area contributed by atoms with Crippen LogP contribution >= 0.6 is 15.9 Å². The number of allylic oxidation sites excluding steroid dienone is 3. The van der Waals surface area contributed by atoms with Crippen molar-refractivity contribution in [1.29, 1.82) is 0 Å². The number of Topliss-reactive ketones (excluding diaryl/α,β-unsaturated/α-hetero) is 1. The van der Waals surface area contributed by atoms with Crippen LogP contribution in [0.3, 0.4) is 0 Å². The fourth-order valence-corrected chi connectivity index (χ4v) is 4.83. The number of benzene rings is 2. The van der Waals surface area contributed by atoms with Crippen LogP contribution in [0.1, 0.15) is 36.8 Å². The number of halogens is 1. The lowest BCUT2D eigenvalue weighted by molar-refractivity contribution is -0.141. The Morgan fingerprint density at radius 2 is 1.97 bits per heavy atom.